The van der Waals surface area contributed by atoms with Crippen LogP contribution in [0, 0.1) is 5.82 Å². The quantitative estimate of drug-likeness (QED) is 0.432. The second-order valence-corrected chi connectivity index (χ2v) is 10.3. The molecule has 3 aromatic rings. The molecule has 1 fully saturated rings. The van der Waals surface area contributed by atoms with E-state index < -0.39 is 21.9 Å². The number of rotatable bonds is 6. The van der Waals surface area contributed by atoms with E-state index >= 15 is 0 Å². The zero-order chi connectivity index (χ0) is 24.0. The van der Waals surface area contributed by atoms with Crippen molar-refractivity contribution in [2.75, 3.05) is 19.9 Å². The molecular formula is C24H27FN2O5S. The fourth-order valence-corrected chi connectivity index (χ4v) is 5.03. The third kappa shape index (κ3) is 4.40. The molecule has 1 aromatic heterocycles. The maximum atomic E-state index is 14.4. The molecule has 176 valence electrons. The van der Waals surface area contributed by atoms with Crippen LogP contribution in [0.5, 0.6) is 0 Å². The summed E-state index contributed by atoms with van der Waals surface area (Å²) >= 11 is 0. The Morgan fingerprint density at radius 3 is 2.52 bits per heavy atom. The van der Waals surface area contributed by atoms with Crippen LogP contribution >= 0.6 is 0 Å². The summed E-state index contributed by atoms with van der Waals surface area (Å²) in [7, 11) is -0.801. The van der Waals surface area contributed by atoms with Gasteiger partial charge in [0.15, 0.2) is 0 Å². The zero-order valence-electron chi connectivity index (χ0n) is 19.1. The molecule has 1 saturated heterocycles. The molecule has 0 radical (unpaired) electrons. The predicted molar refractivity (Wildman–Crippen MR) is 124 cm³/mol. The van der Waals surface area contributed by atoms with E-state index in [1.54, 1.807) is 11.6 Å². The number of carbonyl (C=O) groups excluding carboxylic acids is 1. The number of aryl methyl sites for hydroxylation is 1. The molecule has 1 N–H and O–H groups in total. The highest BCUT2D eigenvalue weighted by molar-refractivity contribution is 7.85. The number of esters is 1. The second kappa shape index (κ2) is 8.55. The Balaban J connectivity index is 1.93. The number of benzene rings is 2. The molecule has 2 aromatic carbocycles. The maximum absolute atomic E-state index is 14.4. The summed E-state index contributed by atoms with van der Waals surface area (Å²) < 4.78 is 49.7. The number of methoxy groups -OCH3 is 1. The number of ether oxygens (including phenoxy) is 1. The molecule has 9 heteroatoms. The summed E-state index contributed by atoms with van der Waals surface area (Å²) in [6, 6.07) is 10.4. The van der Waals surface area contributed by atoms with Crippen LogP contribution in [0.2, 0.25) is 0 Å². The van der Waals surface area contributed by atoms with Gasteiger partial charge >= 0.3 is 5.97 Å². The third-order valence-electron chi connectivity index (χ3n) is 6.35. The molecule has 1 atom stereocenters. The third-order valence-corrected chi connectivity index (χ3v) is 6.90. The van der Waals surface area contributed by atoms with E-state index in [2.05, 4.69) is 12.2 Å². The molecule has 1 aliphatic heterocycles. The highest BCUT2D eigenvalue weighted by Gasteiger charge is 2.30. The van der Waals surface area contributed by atoms with Crippen LogP contribution in [0.1, 0.15) is 41.3 Å². The SMILES string of the molecule is COC(=O)c1cc(F)cc2c1c(COS(C)(=O)=O)c(-c1ccc(C3(C)CCCN3)cc1)n2C. The molecule has 0 saturated carbocycles. The number of carbonyl (C=O) groups is 1. The van der Waals surface area contributed by atoms with E-state index in [4.69, 9.17) is 8.92 Å². The summed E-state index contributed by atoms with van der Waals surface area (Å²) in [5.74, 6) is -1.31. The van der Waals surface area contributed by atoms with E-state index in [1.165, 1.54) is 13.2 Å². The summed E-state index contributed by atoms with van der Waals surface area (Å²) in [5.41, 5.74) is 3.41. The summed E-state index contributed by atoms with van der Waals surface area (Å²) in [6.45, 7) is 2.83. The molecule has 33 heavy (non-hydrogen) atoms. The average Bonchev–Trinajstić information content (AvgIpc) is 3.33. The molecule has 1 aliphatic rings. The lowest BCUT2D eigenvalue weighted by atomic mass is 9.89. The highest BCUT2D eigenvalue weighted by atomic mass is 32.2. The molecule has 4 rings (SSSR count). The Morgan fingerprint density at radius 2 is 1.94 bits per heavy atom. The number of hydrogen-bond donors (Lipinski definition) is 1. The second-order valence-electron chi connectivity index (χ2n) is 8.63. The van der Waals surface area contributed by atoms with Gasteiger partial charge in [0.1, 0.15) is 5.82 Å². The first kappa shape index (κ1) is 23.4. The predicted octanol–water partition coefficient (Wildman–Crippen LogP) is 3.85. The van der Waals surface area contributed by atoms with Gasteiger partial charge in [0, 0.05) is 23.5 Å². The largest absolute Gasteiger partial charge is 0.465 e. The molecule has 1 unspecified atom stereocenters. The van der Waals surface area contributed by atoms with E-state index in [1.807, 2.05) is 24.3 Å². The monoisotopic (exact) mass is 474 g/mol. The average molecular weight is 475 g/mol. The van der Waals surface area contributed by atoms with Crippen LogP contribution in [0.25, 0.3) is 22.2 Å². The highest BCUT2D eigenvalue weighted by Crippen LogP contribution is 2.38. The number of fused-ring (bicyclic) bond motifs is 1. The fourth-order valence-electron chi connectivity index (χ4n) is 4.70. The van der Waals surface area contributed by atoms with Gasteiger partial charge in [-0.25, -0.2) is 9.18 Å². The molecule has 0 spiro atoms. The minimum Gasteiger partial charge on any atom is -0.465 e. The maximum Gasteiger partial charge on any atom is 0.338 e. The molecule has 0 amide bonds. The van der Waals surface area contributed by atoms with E-state index in [-0.39, 0.29) is 17.7 Å². The minimum absolute atomic E-state index is 0.0146. The van der Waals surface area contributed by atoms with Crippen molar-refractivity contribution in [2.24, 2.45) is 7.05 Å². The van der Waals surface area contributed by atoms with Crippen molar-refractivity contribution in [3.63, 3.8) is 0 Å². The number of nitrogens with one attached hydrogen (secondary N) is 1. The molecule has 2 heterocycles. The molecular weight excluding hydrogens is 447 g/mol. The van der Waals surface area contributed by atoms with Gasteiger partial charge in [-0.05, 0) is 49.6 Å². The van der Waals surface area contributed by atoms with E-state index in [0.29, 0.717) is 22.2 Å². The Kier molecular flexibility index (Phi) is 6.07. The first-order valence-electron chi connectivity index (χ1n) is 10.6. The Labute approximate surface area is 192 Å². The number of aromatic nitrogens is 1. The lowest BCUT2D eigenvalue weighted by Crippen LogP contribution is -2.32. The smallest absolute Gasteiger partial charge is 0.338 e. The molecule has 0 bridgehead atoms. The minimum atomic E-state index is -3.76. The lowest BCUT2D eigenvalue weighted by molar-refractivity contribution is 0.0602. The lowest BCUT2D eigenvalue weighted by Gasteiger charge is -2.25. The van der Waals surface area contributed by atoms with Crippen LogP contribution in [-0.4, -0.2) is 38.9 Å². The van der Waals surface area contributed by atoms with Gasteiger partial charge in [-0.3, -0.25) is 4.18 Å². The van der Waals surface area contributed by atoms with Crippen molar-refractivity contribution in [3.8, 4) is 11.3 Å². The Bertz CT molecular complexity index is 1320. The summed E-state index contributed by atoms with van der Waals surface area (Å²) in [5, 5.41) is 3.94. The van der Waals surface area contributed by atoms with Crippen molar-refractivity contribution in [1.29, 1.82) is 0 Å². The number of halogens is 1. The topological polar surface area (TPSA) is 86.6 Å². The normalized spacial score (nSPS) is 18.7. The Morgan fingerprint density at radius 1 is 1.24 bits per heavy atom. The van der Waals surface area contributed by atoms with Crippen molar-refractivity contribution >= 4 is 27.0 Å². The van der Waals surface area contributed by atoms with Crippen LogP contribution in [0.3, 0.4) is 0 Å². The van der Waals surface area contributed by atoms with Crippen molar-refractivity contribution in [1.82, 2.24) is 9.88 Å². The van der Waals surface area contributed by atoms with Crippen molar-refractivity contribution in [3.05, 3.63) is 58.9 Å². The first-order chi connectivity index (χ1) is 15.5. The Hall–Kier alpha value is -2.75. The van der Waals surface area contributed by atoms with Crippen LogP contribution in [-0.2, 0) is 38.2 Å². The summed E-state index contributed by atoms with van der Waals surface area (Å²) in [6.07, 6.45) is 3.11. The van der Waals surface area contributed by atoms with Crippen LogP contribution in [0.15, 0.2) is 36.4 Å². The first-order valence-corrected chi connectivity index (χ1v) is 12.5. The van der Waals surface area contributed by atoms with Crippen molar-refractivity contribution < 1.29 is 26.5 Å². The summed E-state index contributed by atoms with van der Waals surface area (Å²) in [4.78, 5) is 12.5. The standard InChI is InChI=1S/C24H27FN2O5S/c1-24(10-5-11-26-24)16-8-6-15(7-9-16)22-19(14-32-33(4,29)30)21-18(23(28)31-3)12-17(25)13-20(21)27(22)2/h6-9,12-13,26H,5,10-11,14H2,1-4H3. The van der Waals surface area contributed by atoms with Gasteiger partial charge in [0.05, 0.1) is 36.7 Å². The fraction of sp³-hybridized carbons (Fsp3) is 0.375. The molecule has 7 nitrogen and oxygen atoms in total. The zero-order valence-corrected chi connectivity index (χ0v) is 19.9. The van der Waals surface area contributed by atoms with Gasteiger partial charge in [-0.2, -0.15) is 8.42 Å². The molecule has 0 aliphatic carbocycles. The van der Waals surface area contributed by atoms with Gasteiger partial charge in [0.25, 0.3) is 10.1 Å². The van der Waals surface area contributed by atoms with E-state index in [0.717, 1.165) is 42.8 Å². The van der Waals surface area contributed by atoms with E-state index in [9.17, 15) is 17.6 Å². The number of nitrogens with zero attached hydrogens (tertiary/aromatic N) is 1. The van der Waals surface area contributed by atoms with Gasteiger partial charge < -0.3 is 14.6 Å². The van der Waals surface area contributed by atoms with Gasteiger partial charge in [0.2, 0.25) is 0 Å². The van der Waals surface area contributed by atoms with Gasteiger partial charge in [-0.1, -0.05) is 24.3 Å². The number of hydrogen-bond acceptors (Lipinski definition) is 6. The van der Waals surface area contributed by atoms with Crippen LogP contribution in [0.4, 0.5) is 4.39 Å². The van der Waals surface area contributed by atoms with Gasteiger partial charge in [-0.15, -0.1) is 0 Å². The van der Waals surface area contributed by atoms with Crippen LogP contribution < -0.4 is 5.32 Å². The van der Waals surface area contributed by atoms with Crippen molar-refractivity contribution in [2.45, 2.75) is 31.9 Å².